The van der Waals surface area contributed by atoms with E-state index in [0.29, 0.717) is 13.1 Å². The van der Waals surface area contributed by atoms with Crippen molar-refractivity contribution in [3.63, 3.8) is 0 Å². The van der Waals surface area contributed by atoms with Crippen LogP contribution in [-0.2, 0) is 15.5 Å². The smallest absolute Gasteiger partial charge is 0.293 e. The summed E-state index contributed by atoms with van der Waals surface area (Å²) in [6.07, 6.45) is 0. The van der Waals surface area contributed by atoms with Crippen molar-refractivity contribution in [2.24, 2.45) is 0 Å². The molecule has 1 rings (SSSR count). The Morgan fingerprint density at radius 1 is 1.25 bits per heavy atom. The largest absolute Gasteiger partial charge is 0.468 e. The molecule has 0 saturated heterocycles. The van der Waals surface area contributed by atoms with Gasteiger partial charge in [0.1, 0.15) is 0 Å². The summed E-state index contributed by atoms with van der Waals surface area (Å²) >= 11 is 1.60. The standard InChI is InChI=1S/C12H16F2S.C3H6O2/c1-11(2,3)15-10-7-5-6-9(8-10)12(4,13)14;1-2-5-3-4/h5-8H,1-4H3;3H,2H2,1H3. The highest BCUT2D eigenvalue weighted by Gasteiger charge is 2.24. The van der Waals surface area contributed by atoms with Crippen molar-refractivity contribution in [2.75, 3.05) is 6.61 Å². The first-order chi connectivity index (χ1) is 9.10. The second-order valence-electron chi connectivity index (χ2n) is 5.18. The number of benzene rings is 1. The monoisotopic (exact) mass is 304 g/mol. The zero-order valence-corrected chi connectivity index (χ0v) is 13.4. The predicted octanol–water partition coefficient (Wildman–Crippen LogP) is 4.87. The van der Waals surface area contributed by atoms with Gasteiger partial charge in [-0.15, -0.1) is 11.8 Å². The quantitative estimate of drug-likeness (QED) is 0.586. The molecule has 0 heterocycles. The van der Waals surface area contributed by atoms with Gasteiger partial charge in [-0.1, -0.05) is 32.9 Å². The number of hydrogen-bond donors (Lipinski definition) is 0. The molecular weight excluding hydrogens is 282 g/mol. The summed E-state index contributed by atoms with van der Waals surface area (Å²) in [5.41, 5.74) is 0.0803. The van der Waals surface area contributed by atoms with E-state index in [1.165, 1.54) is 6.07 Å². The highest BCUT2D eigenvalue weighted by molar-refractivity contribution is 8.00. The van der Waals surface area contributed by atoms with Gasteiger partial charge in [-0.05, 0) is 19.1 Å². The average molecular weight is 304 g/mol. The number of thioether (sulfide) groups is 1. The molecule has 0 fully saturated rings. The SMILES string of the molecule is CC(C)(C)Sc1cccc(C(C)(F)F)c1.CCOC=O. The van der Waals surface area contributed by atoms with Crippen LogP contribution in [0.25, 0.3) is 0 Å². The van der Waals surface area contributed by atoms with Crippen LogP contribution in [0.4, 0.5) is 8.78 Å². The third kappa shape index (κ3) is 8.91. The lowest BCUT2D eigenvalue weighted by Gasteiger charge is -2.19. The molecule has 114 valence electrons. The van der Waals surface area contributed by atoms with E-state index in [2.05, 4.69) is 25.5 Å². The Bertz CT molecular complexity index is 409. The van der Waals surface area contributed by atoms with E-state index >= 15 is 0 Å². The number of carbonyl (C=O) groups is 1. The molecule has 0 spiro atoms. The fraction of sp³-hybridized carbons (Fsp3) is 0.533. The number of rotatable bonds is 4. The fourth-order valence-corrected chi connectivity index (χ4v) is 2.29. The van der Waals surface area contributed by atoms with Crippen LogP contribution in [0.1, 0.15) is 40.2 Å². The third-order valence-corrected chi connectivity index (χ3v) is 3.10. The maximum atomic E-state index is 13.1. The first kappa shape index (κ1) is 18.9. The molecule has 0 aliphatic rings. The number of carbonyl (C=O) groups excluding carboxylic acids is 1. The molecule has 0 unspecified atom stereocenters. The van der Waals surface area contributed by atoms with Gasteiger partial charge in [0.2, 0.25) is 0 Å². The van der Waals surface area contributed by atoms with E-state index in [-0.39, 0.29) is 10.3 Å². The zero-order chi connectivity index (χ0) is 15.8. The topological polar surface area (TPSA) is 26.3 Å². The number of ether oxygens (including phenoxy) is 1. The molecule has 0 bridgehead atoms. The van der Waals surface area contributed by atoms with Crippen LogP contribution in [0, 0.1) is 0 Å². The molecule has 0 aromatic heterocycles. The summed E-state index contributed by atoms with van der Waals surface area (Å²) in [7, 11) is 0. The van der Waals surface area contributed by atoms with Gasteiger partial charge in [0.25, 0.3) is 12.4 Å². The fourth-order valence-electron chi connectivity index (χ4n) is 1.25. The van der Waals surface area contributed by atoms with Gasteiger partial charge >= 0.3 is 0 Å². The van der Waals surface area contributed by atoms with E-state index in [4.69, 9.17) is 0 Å². The molecule has 1 aromatic carbocycles. The Balaban J connectivity index is 0.000000621. The molecule has 0 N–H and O–H groups in total. The molecule has 0 saturated carbocycles. The molecule has 0 atom stereocenters. The van der Waals surface area contributed by atoms with E-state index in [1.54, 1.807) is 30.8 Å². The Kier molecular flexibility index (Phi) is 7.79. The van der Waals surface area contributed by atoms with E-state index in [9.17, 15) is 13.6 Å². The Morgan fingerprint density at radius 3 is 2.20 bits per heavy atom. The minimum atomic E-state index is -2.76. The summed E-state index contributed by atoms with van der Waals surface area (Å²) in [5.74, 6) is -2.76. The summed E-state index contributed by atoms with van der Waals surface area (Å²) in [4.78, 5) is 10.1. The van der Waals surface area contributed by atoms with Gasteiger partial charge in [-0.2, -0.15) is 0 Å². The predicted molar refractivity (Wildman–Crippen MR) is 79.3 cm³/mol. The second-order valence-corrected chi connectivity index (χ2v) is 7.08. The minimum absolute atomic E-state index is 0.0433. The van der Waals surface area contributed by atoms with Crippen molar-refractivity contribution in [1.29, 1.82) is 0 Å². The lowest BCUT2D eigenvalue weighted by Crippen LogP contribution is -2.09. The molecule has 0 radical (unpaired) electrons. The van der Waals surface area contributed by atoms with Gasteiger partial charge in [0, 0.05) is 22.1 Å². The van der Waals surface area contributed by atoms with Crippen molar-refractivity contribution in [2.45, 2.75) is 50.2 Å². The highest BCUT2D eigenvalue weighted by Crippen LogP contribution is 2.35. The summed E-state index contributed by atoms with van der Waals surface area (Å²) < 4.78 is 30.3. The van der Waals surface area contributed by atoms with Crippen molar-refractivity contribution in [1.82, 2.24) is 0 Å². The van der Waals surface area contributed by atoms with Gasteiger partial charge < -0.3 is 4.74 Å². The van der Waals surface area contributed by atoms with Crippen molar-refractivity contribution in [3.05, 3.63) is 29.8 Å². The molecule has 5 heteroatoms. The summed E-state index contributed by atoms with van der Waals surface area (Å²) in [6.45, 7) is 9.78. The summed E-state index contributed by atoms with van der Waals surface area (Å²) in [6, 6.07) is 6.58. The first-order valence-corrected chi connectivity index (χ1v) is 7.14. The molecule has 0 aliphatic carbocycles. The van der Waals surface area contributed by atoms with Crippen LogP contribution < -0.4 is 0 Å². The van der Waals surface area contributed by atoms with Crippen molar-refractivity contribution in [3.8, 4) is 0 Å². The minimum Gasteiger partial charge on any atom is -0.468 e. The van der Waals surface area contributed by atoms with Crippen LogP contribution in [0.3, 0.4) is 0 Å². The molecule has 1 aromatic rings. The van der Waals surface area contributed by atoms with Crippen LogP contribution in [0.5, 0.6) is 0 Å². The lowest BCUT2D eigenvalue weighted by molar-refractivity contribution is -0.128. The van der Waals surface area contributed by atoms with Crippen LogP contribution in [0.2, 0.25) is 0 Å². The number of hydrogen-bond acceptors (Lipinski definition) is 3. The number of alkyl halides is 2. The number of halogens is 2. The molecular formula is C15H22F2O2S. The molecule has 0 amide bonds. The van der Waals surface area contributed by atoms with Crippen molar-refractivity contribution >= 4 is 18.2 Å². The maximum Gasteiger partial charge on any atom is 0.293 e. The average Bonchev–Trinajstić information content (AvgIpc) is 2.28. The van der Waals surface area contributed by atoms with E-state index < -0.39 is 5.92 Å². The highest BCUT2D eigenvalue weighted by atomic mass is 32.2. The van der Waals surface area contributed by atoms with Crippen LogP contribution in [0.15, 0.2) is 29.2 Å². The second kappa shape index (κ2) is 8.25. The van der Waals surface area contributed by atoms with Gasteiger partial charge in [0.05, 0.1) is 6.61 Å². The summed E-state index contributed by atoms with van der Waals surface area (Å²) in [5, 5.41) is 0. The van der Waals surface area contributed by atoms with Crippen LogP contribution in [-0.4, -0.2) is 17.8 Å². The zero-order valence-electron chi connectivity index (χ0n) is 12.6. The Morgan fingerprint density at radius 2 is 1.85 bits per heavy atom. The molecule has 2 nitrogen and oxygen atoms in total. The Hall–Kier alpha value is -1.10. The Labute approximate surface area is 123 Å². The lowest BCUT2D eigenvalue weighted by atomic mass is 10.1. The third-order valence-electron chi connectivity index (χ3n) is 2.00. The first-order valence-electron chi connectivity index (χ1n) is 6.32. The molecule has 0 aliphatic heterocycles. The normalized spacial score (nSPS) is 11.3. The van der Waals surface area contributed by atoms with Crippen LogP contribution >= 0.6 is 11.8 Å². The maximum absolute atomic E-state index is 13.1. The van der Waals surface area contributed by atoms with Gasteiger partial charge in [0.15, 0.2) is 0 Å². The van der Waals surface area contributed by atoms with Gasteiger partial charge in [-0.25, -0.2) is 8.78 Å². The van der Waals surface area contributed by atoms with E-state index in [0.717, 1.165) is 11.8 Å². The van der Waals surface area contributed by atoms with E-state index in [1.807, 2.05) is 6.07 Å². The van der Waals surface area contributed by atoms with Crippen molar-refractivity contribution < 1.29 is 18.3 Å². The van der Waals surface area contributed by atoms with Gasteiger partial charge in [-0.3, -0.25) is 4.79 Å². The molecule has 20 heavy (non-hydrogen) atoms.